The van der Waals surface area contributed by atoms with E-state index in [0.717, 1.165) is 6.04 Å². The van der Waals surface area contributed by atoms with Gasteiger partial charge in [-0.15, -0.1) is 0 Å². The first-order valence-electron chi connectivity index (χ1n) is 6.31. The first-order chi connectivity index (χ1) is 8.54. The van der Waals surface area contributed by atoms with Gasteiger partial charge >= 0.3 is 17.9 Å². The molecule has 0 saturated carbocycles. The predicted octanol–water partition coefficient (Wildman–Crippen LogP) is 3.15. The molecule has 0 aliphatic carbocycles. The summed E-state index contributed by atoms with van der Waals surface area (Å²) >= 11 is 0. The summed E-state index contributed by atoms with van der Waals surface area (Å²) in [6.07, 6.45) is -0.483. The molecule has 0 rings (SSSR count). The monoisotopic (exact) mass is 296 g/mol. The van der Waals surface area contributed by atoms with Gasteiger partial charge in [0, 0.05) is 20.9 Å². The van der Waals surface area contributed by atoms with Crippen LogP contribution in [0, 0.1) is 0 Å². The molecule has 0 aliphatic heterocycles. The fraction of sp³-hybridized carbons (Fsp3) is 0.833. The minimum absolute atomic E-state index is 0.0115. The molecule has 0 unspecified atom stereocenters. The second-order valence-electron chi connectivity index (χ2n) is 5.75. The summed E-state index contributed by atoms with van der Waals surface area (Å²) in [7, 11) is -1.24. The van der Waals surface area contributed by atoms with Gasteiger partial charge in [-0.2, -0.15) is 8.78 Å². The van der Waals surface area contributed by atoms with Gasteiger partial charge < -0.3 is 9.84 Å². The lowest BCUT2D eigenvalue weighted by atomic mass is 10.1. The number of halogens is 2. The van der Waals surface area contributed by atoms with Gasteiger partial charge in [0.1, 0.15) is 0 Å². The molecular formula is C12H22F2O4Si. The van der Waals surface area contributed by atoms with E-state index < -0.39 is 32.4 Å². The normalized spacial score (nSPS) is 12.3. The molecular weight excluding hydrogens is 274 g/mol. The highest BCUT2D eigenvalue weighted by molar-refractivity contribution is 6.76. The lowest BCUT2D eigenvalue weighted by molar-refractivity contribution is -0.165. The zero-order valence-electron chi connectivity index (χ0n) is 11.7. The van der Waals surface area contributed by atoms with Crippen molar-refractivity contribution in [3.8, 4) is 0 Å². The number of hydrogen-bond acceptors (Lipinski definition) is 3. The van der Waals surface area contributed by atoms with Crippen LogP contribution in [0.5, 0.6) is 0 Å². The highest BCUT2D eigenvalue weighted by Crippen LogP contribution is 2.21. The maximum Gasteiger partial charge on any atom is 0.374 e. The van der Waals surface area contributed by atoms with Crippen molar-refractivity contribution >= 4 is 20.0 Å². The van der Waals surface area contributed by atoms with E-state index in [1.807, 2.05) is 0 Å². The van der Waals surface area contributed by atoms with Crippen LogP contribution >= 0.6 is 0 Å². The van der Waals surface area contributed by atoms with Crippen molar-refractivity contribution in [1.29, 1.82) is 0 Å². The van der Waals surface area contributed by atoms with Gasteiger partial charge in [-0.25, -0.2) is 4.79 Å². The molecule has 7 heteroatoms. The Morgan fingerprint density at radius 1 is 1.21 bits per heavy atom. The van der Waals surface area contributed by atoms with Crippen LogP contribution in [0.1, 0.15) is 25.7 Å². The van der Waals surface area contributed by atoms with Gasteiger partial charge in [-0.1, -0.05) is 19.6 Å². The summed E-state index contributed by atoms with van der Waals surface area (Å²) in [5.41, 5.74) is 0. The largest absolute Gasteiger partial charge is 0.477 e. The van der Waals surface area contributed by atoms with E-state index >= 15 is 0 Å². The lowest BCUT2D eigenvalue weighted by Gasteiger charge is -2.15. The van der Waals surface area contributed by atoms with Crippen LogP contribution in [0.15, 0.2) is 0 Å². The maximum absolute atomic E-state index is 12.7. The Morgan fingerprint density at radius 2 is 1.79 bits per heavy atom. The minimum atomic E-state index is -3.71. The second kappa shape index (κ2) is 7.57. The van der Waals surface area contributed by atoms with E-state index in [2.05, 4.69) is 19.6 Å². The molecule has 112 valence electrons. The lowest BCUT2D eigenvalue weighted by Crippen LogP contribution is -2.27. The number of ether oxygens (including phenoxy) is 1. The zero-order chi connectivity index (χ0) is 15.1. The van der Waals surface area contributed by atoms with E-state index in [1.54, 1.807) is 0 Å². The van der Waals surface area contributed by atoms with Crippen molar-refractivity contribution < 1.29 is 28.2 Å². The van der Waals surface area contributed by atoms with Crippen molar-refractivity contribution in [2.24, 2.45) is 0 Å². The molecule has 0 aliphatic rings. The molecule has 0 atom stereocenters. The molecule has 0 saturated heterocycles. The minimum Gasteiger partial charge on any atom is -0.477 e. The molecule has 4 nitrogen and oxygen atoms in total. The van der Waals surface area contributed by atoms with Gasteiger partial charge in [-0.05, 0) is 18.9 Å². The van der Waals surface area contributed by atoms with Crippen molar-refractivity contribution in [2.45, 2.75) is 57.3 Å². The Morgan fingerprint density at radius 3 is 2.26 bits per heavy atom. The smallest absolute Gasteiger partial charge is 0.374 e. The molecule has 0 heterocycles. The number of aliphatic carboxylic acids is 1. The zero-order valence-corrected chi connectivity index (χ0v) is 12.7. The summed E-state index contributed by atoms with van der Waals surface area (Å²) in [5, 5.41) is 8.20. The Hall–Kier alpha value is -0.983. The molecule has 0 aromatic carbocycles. The van der Waals surface area contributed by atoms with Gasteiger partial charge in [0.25, 0.3) is 0 Å². The van der Waals surface area contributed by atoms with Gasteiger partial charge in [-0.3, -0.25) is 4.79 Å². The number of unbranched alkanes of at least 4 members (excludes halogenated alkanes) is 1. The second-order valence-corrected chi connectivity index (χ2v) is 11.4. The van der Waals surface area contributed by atoms with Crippen LogP contribution < -0.4 is 0 Å². The quantitative estimate of drug-likeness (QED) is 0.403. The third kappa shape index (κ3) is 9.58. The van der Waals surface area contributed by atoms with E-state index in [9.17, 15) is 18.4 Å². The first kappa shape index (κ1) is 18.0. The first-order valence-corrected chi connectivity index (χ1v) is 10.0. The fourth-order valence-corrected chi connectivity index (χ4v) is 1.98. The molecule has 0 spiro atoms. The van der Waals surface area contributed by atoms with Crippen molar-refractivity contribution in [3.05, 3.63) is 0 Å². The summed E-state index contributed by atoms with van der Waals surface area (Å²) in [4.78, 5) is 21.4. The van der Waals surface area contributed by atoms with Crippen molar-refractivity contribution in [2.75, 3.05) is 6.61 Å². The topological polar surface area (TPSA) is 63.6 Å². The van der Waals surface area contributed by atoms with Gasteiger partial charge in [0.2, 0.25) is 0 Å². The molecule has 0 fully saturated rings. The molecule has 0 aromatic heterocycles. The number of carbonyl (C=O) groups is 2. The number of carboxylic acids is 1. The van der Waals surface area contributed by atoms with E-state index in [4.69, 9.17) is 9.84 Å². The molecule has 0 aromatic rings. The van der Waals surface area contributed by atoms with Crippen molar-refractivity contribution in [1.82, 2.24) is 0 Å². The number of carbonyl (C=O) groups excluding carboxylic acids is 1. The van der Waals surface area contributed by atoms with Gasteiger partial charge in [0.05, 0.1) is 6.61 Å². The number of carboxylic acid groups (broad SMARTS) is 1. The van der Waals surface area contributed by atoms with Crippen molar-refractivity contribution in [3.63, 3.8) is 0 Å². The summed E-state index contributed by atoms with van der Waals surface area (Å²) in [5.74, 6) is -6.23. The molecule has 19 heavy (non-hydrogen) atoms. The highest BCUT2D eigenvalue weighted by Gasteiger charge is 2.37. The molecule has 0 radical (unpaired) electrons. The van der Waals surface area contributed by atoms with Crippen LogP contribution in [-0.4, -0.2) is 37.6 Å². The number of esters is 1. The van der Waals surface area contributed by atoms with E-state index in [0.29, 0.717) is 6.61 Å². The maximum atomic E-state index is 12.7. The third-order valence-corrected chi connectivity index (χ3v) is 4.25. The van der Waals surface area contributed by atoms with Crippen LogP contribution in [0.2, 0.25) is 25.7 Å². The van der Waals surface area contributed by atoms with Gasteiger partial charge in [0.15, 0.2) is 0 Å². The average Bonchev–Trinajstić information content (AvgIpc) is 2.22. The van der Waals surface area contributed by atoms with Crippen LogP contribution in [0.25, 0.3) is 0 Å². The standard InChI is InChI=1S/C12H22F2O4Si/c1-19(2,3)9-8-18-10(15)6-4-5-7-12(13,14)11(16)17/h4-9H2,1-3H3,(H,16,17). The van der Waals surface area contributed by atoms with E-state index in [1.165, 1.54) is 0 Å². The van der Waals surface area contributed by atoms with Crippen LogP contribution in [-0.2, 0) is 14.3 Å². The third-order valence-electron chi connectivity index (χ3n) is 2.55. The van der Waals surface area contributed by atoms with E-state index in [-0.39, 0.29) is 19.3 Å². The Balaban J connectivity index is 3.68. The average molecular weight is 296 g/mol. The van der Waals surface area contributed by atoms with Crippen LogP contribution in [0.4, 0.5) is 8.78 Å². The Bertz CT molecular complexity index is 313. The fourth-order valence-electron chi connectivity index (χ4n) is 1.27. The number of rotatable bonds is 9. The highest BCUT2D eigenvalue weighted by atomic mass is 28.3. The van der Waals surface area contributed by atoms with Crippen LogP contribution in [0.3, 0.4) is 0 Å². The number of hydrogen-bond donors (Lipinski definition) is 1. The Kier molecular flexibility index (Phi) is 7.18. The summed E-state index contributed by atoms with van der Waals surface area (Å²) in [6, 6.07) is 0.871. The summed E-state index contributed by atoms with van der Waals surface area (Å²) < 4.78 is 30.4. The molecule has 0 amide bonds. The Labute approximate surface area is 113 Å². The number of alkyl halides is 2. The molecule has 1 N–H and O–H groups in total. The molecule has 0 bridgehead atoms. The SMILES string of the molecule is C[Si](C)(C)CCOC(=O)CCCCC(F)(F)C(=O)O. The predicted molar refractivity (Wildman–Crippen MR) is 70.2 cm³/mol. The summed E-state index contributed by atoms with van der Waals surface area (Å²) in [6.45, 7) is 6.86.